The first-order valence-electron chi connectivity index (χ1n) is 6.81. The monoisotopic (exact) mass is 250 g/mol. The van der Waals surface area contributed by atoms with E-state index in [9.17, 15) is 9.50 Å². The van der Waals surface area contributed by atoms with Crippen LogP contribution in [-0.4, -0.2) is 5.11 Å². The van der Waals surface area contributed by atoms with Crippen LogP contribution in [0.4, 0.5) is 4.39 Å². The Kier molecular flexibility index (Phi) is 3.50. The first-order valence-corrected chi connectivity index (χ1v) is 6.81. The standard InChI is InChI=1S/C16H23FO/c1-12-5-6-13(17)11-14(12)16(18)8-4-7-15(2,3)9-10-16/h5-6,11,18H,4,7-10H2,1-3H3. The molecule has 0 amide bonds. The Bertz CT molecular complexity index is 439. The lowest BCUT2D eigenvalue weighted by Crippen LogP contribution is -2.26. The summed E-state index contributed by atoms with van der Waals surface area (Å²) in [5.41, 5.74) is 1.20. The Morgan fingerprint density at radius 3 is 2.56 bits per heavy atom. The molecule has 100 valence electrons. The zero-order chi connectivity index (χ0) is 13.4. The van der Waals surface area contributed by atoms with Gasteiger partial charge in [0.1, 0.15) is 5.82 Å². The van der Waals surface area contributed by atoms with Gasteiger partial charge in [-0.05, 0) is 67.7 Å². The largest absolute Gasteiger partial charge is 0.385 e. The van der Waals surface area contributed by atoms with E-state index < -0.39 is 5.60 Å². The highest BCUT2D eigenvalue weighted by Gasteiger charge is 2.36. The van der Waals surface area contributed by atoms with E-state index in [2.05, 4.69) is 13.8 Å². The van der Waals surface area contributed by atoms with Gasteiger partial charge < -0.3 is 5.11 Å². The predicted molar refractivity (Wildman–Crippen MR) is 71.9 cm³/mol. The van der Waals surface area contributed by atoms with Gasteiger partial charge in [-0.1, -0.05) is 19.9 Å². The van der Waals surface area contributed by atoms with E-state index >= 15 is 0 Å². The van der Waals surface area contributed by atoms with Gasteiger partial charge >= 0.3 is 0 Å². The number of benzene rings is 1. The van der Waals surface area contributed by atoms with Crippen LogP contribution >= 0.6 is 0 Å². The van der Waals surface area contributed by atoms with Gasteiger partial charge in [0.2, 0.25) is 0 Å². The molecule has 1 N–H and O–H groups in total. The maximum atomic E-state index is 13.4. The van der Waals surface area contributed by atoms with Gasteiger partial charge in [0.25, 0.3) is 0 Å². The lowest BCUT2D eigenvalue weighted by molar-refractivity contribution is 0.0171. The van der Waals surface area contributed by atoms with E-state index in [4.69, 9.17) is 0 Å². The summed E-state index contributed by atoms with van der Waals surface area (Å²) in [6, 6.07) is 4.73. The van der Waals surface area contributed by atoms with Crippen molar-refractivity contribution in [1.29, 1.82) is 0 Å². The molecule has 18 heavy (non-hydrogen) atoms. The van der Waals surface area contributed by atoms with Crippen LogP contribution in [0.15, 0.2) is 18.2 Å². The molecule has 0 saturated heterocycles. The molecule has 0 bridgehead atoms. The van der Waals surface area contributed by atoms with E-state index in [0.717, 1.165) is 43.2 Å². The smallest absolute Gasteiger partial charge is 0.123 e. The molecular formula is C16H23FO. The quantitative estimate of drug-likeness (QED) is 0.736. The molecule has 0 radical (unpaired) electrons. The molecular weight excluding hydrogens is 227 g/mol. The van der Waals surface area contributed by atoms with Crippen molar-refractivity contribution in [2.75, 3.05) is 0 Å². The molecule has 1 unspecified atom stereocenters. The highest BCUT2D eigenvalue weighted by molar-refractivity contribution is 5.32. The maximum absolute atomic E-state index is 13.4. The molecule has 0 aromatic heterocycles. The Morgan fingerprint density at radius 1 is 1.11 bits per heavy atom. The lowest BCUT2D eigenvalue weighted by Gasteiger charge is -2.30. The first kappa shape index (κ1) is 13.5. The minimum atomic E-state index is -0.847. The lowest BCUT2D eigenvalue weighted by atomic mass is 9.81. The zero-order valence-electron chi connectivity index (χ0n) is 11.6. The number of rotatable bonds is 1. The molecule has 1 aliphatic carbocycles. The molecule has 0 heterocycles. The highest BCUT2D eigenvalue weighted by Crippen LogP contribution is 2.43. The van der Waals surface area contributed by atoms with Gasteiger partial charge in [-0.2, -0.15) is 0 Å². The SMILES string of the molecule is Cc1ccc(F)cc1C1(O)CCCC(C)(C)CC1. The highest BCUT2D eigenvalue weighted by atomic mass is 19.1. The molecule has 1 aromatic carbocycles. The van der Waals surface area contributed by atoms with Crippen LogP contribution in [0.5, 0.6) is 0 Å². The normalized spacial score (nSPS) is 27.8. The number of hydrogen-bond acceptors (Lipinski definition) is 1. The van der Waals surface area contributed by atoms with Crippen LogP contribution < -0.4 is 0 Å². The fourth-order valence-corrected chi connectivity index (χ4v) is 3.02. The fourth-order valence-electron chi connectivity index (χ4n) is 3.02. The van der Waals surface area contributed by atoms with Crippen molar-refractivity contribution in [3.63, 3.8) is 0 Å². The molecule has 1 nitrogen and oxygen atoms in total. The van der Waals surface area contributed by atoms with Crippen molar-refractivity contribution in [2.45, 2.75) is 58.5 Å². The molecule has 1 aliphatic rings. The molecule has 0 spiro atoms. The third-order valence-electron chi connectivity index (χ3n) is 4.36. The first-order chi connectivity index (χ1) is 8.32. The summed E-state index contributed by atoms with van der Waals surface area (Å²) < 4.78 is 13.4. The number of halogens is 1. The Labute approximate surface area is 109 Å². The minimum Gasteiger partial charge on any atom is -0.385 e. The molecule has 1 aromatic rings. The van der Waals surface area contributed by atoms with Gasteiger partial charge in [0, 0.05) is 0 Å². The maximum Gasteiger partial charge on any atom is 0.123 e. The number of aryl methyl sites for hydroxylation is 1. The molecule has 1 atom stereocenters. The second-order valence-corrected chi connectivity index (χ2v) is 6.51. The molecule has 1 saturated carbocycles. The summed E-state index contributed by atoms with van der Waals surface area (Å²) in [6.07, 6.45) is 4.58. The third-order valence-corrected chi connectivity index (χ3v) is 4.36. The van der Waals surface area contributed by atoms with Crippen LogP contribution in [0, 0.1) is 18.2 Å². The van der Waals surface area contributed by atoms with Gasteiger partial charge in [0.05, 0.1) is 5.60 Å². The van der Waals surface area contributed by atoms with Crippen molar-refractivity contribution in [2.24, 2.45) is 5.41 Å². The average Bonchev–Trinajstić information content (AvgIpc) is 2.42. The summed E-state index contributed by atoms with van der Waals surface area (Å²) in [4.78, 5) is 0. The molecule has 0 aliphatic heterocycles. The number of hydrogen-bond donors (Lipinski definition) is 1. The second kappa shape index (κ2) is 4.65. The average molecular weight is 250 g/mol. The van der Waals surface area contributed by atoms with Gasteiger partial charge in [-0.3, -0.25) is 0 Å². The summed E-state index contributed by atoms with van der Waals surface area (Å²) in [5.74, 6) is -0.257. The molecule has 1 fully saturated rings. The van der Waals surface area contributed by atoms with Crippen molar-refractivity contribution in [3.05, 3.63) is 35.1 Å². The van der Waals surface area contributed by atoms with Crippen molar-refractivity contribution in [3.8, 4) is 0 Å². The van der Waals surface area contributed by atoms with E-state index in [1.165, 1.54) is 12.1 Å². The second-order valence-electron chi connectivity index (χ2n) is 6.51. The van der Waals surface area contributed by atoms with Crippen LogP contribution in [0.2, 0.25) is 0 Å². The van der Waals surface area contributed by atoms with Crippen molar-refractivity contribution >= 4 is 0 Å². The summed E-state index contributed by atoms with van der Waals surface area (Å²) in [6.45, 7) is 6.44. The van der Waals surface area contributed by atoms with E-state index in [1.54, 1.807) is 6.07 Å². The Morgan fingerprint density at radius 2 is 1.83 bits per heavy atom. The van der Waals surface area contributed by atoms with E-state index in [1.807, 2.05) is 6.92 Å². The summed E-state index contributed by atoms with van der Waals surface area (Å²) in [5, 5.41) is 10.9. The van der Waals surface area contributed by atoms with Crippen molar-refractivity contribution < 1.29 is 9.50 Å². The van der Waals surface area contributed by atoms with Gasteiger partial charge in [-0.25, -0.2) is 4.39 Å². The molecule has 2 rings (SSSR count). The van der Waals surface area contributed by atoms with Crippen molar-refractivity contribution in [1.82, 2.24) is 0 Å². The Balaban J connectivity index is 2.33. The Hall–Kier alpha value is -0.890. The predicted octanol–water partition coefficient (Wildman–Crippen LogP) is 4.31. The van der Waals surface area contributed by atoms with Crippen LogP contribution in [0.25, 0.3) is 0 Å². The topological polar surface area (TPSA) is 20.2 Å². The zero-order valence-corrected chi connectivity index (χ0v) is 11.6. The third kappa shape index (κ3) is 2.74. The molecule has 2 heteroatoms. The summed E-state index contributed by atoms with van der Waals surface area (Å²) in [7, 11) is 0. The van der Waals surface area contributed by atoms with E-state index in [0.29, 0.717) is 0 Å². The van der Waals surface area contributed by atoms with E-state index in [-0.39, 0.29) is 11.2 Å². The van der Waals surface area contributed by atoms with Crippen LogP contribution in [-0.2, 0) is 5.60 Å². The number of aliphatic hydroxyl groups is 1. The van der Waals surface area contributed by atoms with Gasteiger partial charge in [-0.15, -0.1) is 0 Å². The van der Waals surface area contributed by atoms with Crippen LogP contribution in [0.3, 0.4) is 0 Å². The minimum absolute atomic E-state index is 0.257. The van der Waals surface area contributed by atoms with Gasteiger partial charge in [0.15, 0.2) is 0 Å². The summed E-state index contributed by atoms with van der Waals surface area (Å²) >= 11 is 0. The van der Waals surface area contributed by atoms with Crippen LogP contribution in [0.1, 0.15) is 57.1 Å². The fraction of sp³-hybridized carbons (Fsp3) is 0.625.